The Labute approximate surface area is 92.6 Å². The molecule has 0 amide bonds. The predicted molar refractivity (Wildman–Crippen MR) is 62.5 cm³/mol. The van der Waals surface area contributed by atoms with Gasteiger partial charge in [0.15, 0.2) is 0 Å². The molecule has 1 N–H and O–H groups in total. The Kier molecular flexibility index (Phi) is 3.19. The predicted octanol–water partition coefficient (Wildman–Crippen LogP) is 2.74. The van der Waals surface area contributed by atoms with Gasteiger partial charge in [0.05, 0.1) is 6.20 Å². The number of aromatic nitrogens is 3. The molecule has 1 aromatic carbocycles. The summed E-state index contributed by atoms with van der Waals surface area (Å²) in [6, 6.07) is 8.32. The summed E-state index contributed by atoms with van der Waals surface area (Å²) in [6.07, 6.45) is 3.57. The molecule has 0 aliphatic carbocycles. The van der Waals surface area contributed by atoms with E-state index < -0.39 is 0 Å². The van der Waals surface area contributed by atoms with Gasteiger partial charge in [-0.1, -0.05) is 48.7 Å². The van der Waals surface area contributed by atoms with Gasteiger partial charge >= 0.3 is 0 Å². The standard InChI is InChI=1S/C11H11N3S/c1-2-9-3-5-10(6-4-9)8-15-11-7-12-14-13-11/h2-7H,1,8H2,(H,12,13,14). The Hall–Kier alpha value is -1.55. The van der Waals surface area contributed by atoms with Crippen LogP contribution in [0.3, 0.4) is 0 Å². The maximum absolute atomic E-state index is 3.98. The van der Waals surface area contributed by atoms with E-state index in [1.807, 2.05) is 6.08 Å². The Morgan fingerprint density at radius 2 is 2.13 bits per heavy atom. The number of thioether (sulfide) groups is 1. The van der Waals surface area contributed by atoms with Crippen LogP contribution in [0.15, 0.2) is 42.1 Å². The lowest BCUT2D eigenvalue weighted by molar-refractivity contribution is 0.911. The van der Waals surface area contributed by atoms with Crippen LogP contribution >= 0.6 is 11.8 Å². The van der Waals surface area contributed by atoms with Gasteiger partial charge < -0.3 is 0 Å². The van der Waals surface area contributed by atoms with Gasteiger partial charge in [-0.2, -0.15) is 10.3 Å². The average molecular weight is 217 g/mol. The van der Waals surface area contributed by atoms with Gasteiger partial charge in [0, 0.05) is 5.75 Å². The van der Waals surface area contributed by atoms with Crippen molar-refractivity contribution in [1.82, 2.24) is 15.4 Å². The van der Waals surface area contributed by atoms with Crippen LogP contribution in [-0.2, 0) is 5.75 Å². The van der Waals surface area contributed by atoms with Crippen LogP contribution in [0.1, 0.15) is 11.1 Å². The Morgan fingerprint density at radius 1 is 1.33 bits per heavy atom. The summed E-state index contributed by atoms with van der Waals surface area (Å²) in [5.74, 6) is 0.907. The third-order valence-corrected chi connectivity index (χ3v) is 2.97. The highest BCUT2D eigenvalue weighted by Crippen LogP contribution is 2.19. The minimum Gasteiger partial charge on any atom is -0.197 e. The van der Waals surface area contributed by atoms with E-state index in [1.165, 1.54) is 5.56 Å². The zero-order valence-electron chi connectivity index (χ0n) is 8.18. The molecule has 0 atom stereocenters. The molecule has 4 heteroatoms. The van der Waals surface area contributed by atoms with Crippen molar-refractivity contribution >= 4 is 17.8 Å². The second-order valence-corrected chi connectivity index (χ2v) is 4.04. The summed E-state index contributed by atoms with van der Waals surface area (Å²) in [7, 11) is 0. The molecular weight excluding hydrogens is 206 g/mol. The largest absolute Gasteiger partial charge is 0.197 e. The van der Waals surface area contributed by atoms with Crippen LogP contribution in [0.25, 0.3) is 6.08 Å². The van der Waals surface area contributed by atoms with Crippen LogP contribution < -0.4 is 0 Å². The van der Waals surface area contributed by atoms with Gasteiger partial charge in [0.2, 0.25) is 0 Å². The first kappa shape index (κ1) is 9.98. The van der Waals surface area contributed by atoms with Crippen molar-refractivity contribution in [3.63, 3.8) is 0 Å². The van der Waals surface area contributed by atoms with E-state index in [4.69, 9.17) is 0 Å². The fraction of sp³-hybridized carbons (Fsp3) is 0.0909. The van der Waals surface area contributed by atoms with Crippen LogP contribution in [-0.4, -0.2) is 15.4 Å². The van der Waals surface area contributed by atoms with E-state index >= 15 is 0 Å². The summed E-state index contributed by atoms with van der Waals surface area (Å²) in [5.41, 5.74) is 2.42. The van der Waals surface area contributed by atoms with E-state index in [2.05, 4.69) is 46.3 Å². The summed E-state index contributed by atoms with van der Waals surface area (Å²) in [4.78, 5) is 0. The molecule has 0 unspecified atom stereocenters. The highest BCUT2D eigenvalue weighted by molar-refractivity contribution is 7.98. The first-order valence-corrected chi connectivity index (χ1v) is 5.57. The SMILES string of the molecule is C=Cc1ccc(CSc2cn[nH]n2)cc1. The highest BCUT2D eigenvalue weighted by atomic mass is 32.2. The van der Waals surface area contributed by atoms with Gasteiger partial charge in [0.1, 0.15) is 5.03 Å². The summed E-state index contributed by atoms with van der Waals surface area (Å²) in [5, 5.41) is 11.2. The molecule has 2 aromatic rings. The van der Waals surface area contributed by atoms with Crippen LogP contribution in [0.4, 0.5) is 0 Å². The van der Waals surface area contributed by atoms with Gasteiger partial charge in [-0.05, 0) is 11.1 Å². The van der Waals surface area contributed by atoms with Crippen LogP contribution in [0.2, 0.25) is 0 Å². The number of H-pyrrole nitrogens is 1. The lowest BCUT2D eigenvalue weighted by atomic mass is 10.1. The first-order chi connectivity index (χ1) is 7.38. The fourth-order valence-corrected chi connectivity index (χ4v) is 1.91. The number of nitrogens with zero attached hydrogens (tertiary/aromatic N) is 2. The zero-order chi connectivity index (χ0) is 10.5. The van der Waals surface area contributed by atoms with Crippen LogP contribution in [0, 0.1) is 0 Å². The maximum Gasteiger partial charge on any atom is 0.139 e. The third-order valence-electron chi connectivity index (χ3n) is 2.00. The molecule has 0 radical (unpaired) electrons. The number of hydrogen-bond donors (Lipinski definition) is 1. The Bertz CT molecular complexity index is 420. The molecule has 1 aromatic heterocycles. The Balaban J connectivity index is 1.96. The van der Waals surface area contributed by atoms with E-state index in [1.54, 1.807) is 18.0 Å². The second kappa shape index (κ2) is 4.79. The molecule has 2 rings (SSSR count). The molecule has 0 saturated carbocycles. The van der Waals surface area contributed by atoms with E-state index in [0.29, 0.717) is 0 Å². The minimum absolute atomic E-state index is 0.907. The molecular formula is C11H11N3S. The lowest BCUT2D eigenvalue weighted by Crippen LogP contribution is -1.81. The normalized spacial score (nSPS) is 10.1. The lowest BCUT2D eigenvalue weighted by Gasteiger charge is -1.99. The molecule has 0 saturated heterocycles. The van der Waals surface area contributed by atoms with Gasteiger partial charge in [0.25, 0.3) is 0 Å². The molecule has 3 nitrogen and oxygen atoms in total. The van der Waals surface area contributed by atoms with E-state index in [0.717, 1.165) is 16.3 Å². The number of hydrogen-bond acceptors (Lipinski definition) is 3. The highest BCUT2D eigenvalue weighted by Gasteiger charge is 1.98. The van der Waals surface area contributed by atoms with Crippen molar-refractivity contribution in [3.8, 4) is 0 Å². The monoisotopic (exact) mass is 217 g/mol. The number of benzene rings is 1. The minimum atomic E-state index is 0.907. The number of aromatic amines is 1. The van der Waals surface area contributed by atoms with Crippen molar-refractivity contribution in [2.75, 3.05) is 0 Å². The van der Waals surface area contributed by atoms with Gasteiger partial charge in [-0.25, -0.2) is 0 Å². The molecule has 15 heavy (non-hydrogen) atoms. The second-order valence-electron chi connectivity index (χ2n) is 3.04. The van der Waals surface area contributed by atoms with Gasteiger partial charge in [-0.3, -0.25) is 0 Å². The summed E-state index contributed by atoms with van der Waals surface area (Å²) in [6.45, 7) is 3.72. The van der Waals surface area contributed by atoms with Crippen molar-refractivity contribution in [1.29, 1.82) is 0 Å². The fourth-order valence-electron chi connectivity index (χ4n) is 1.17. The molecule has 0 spiro atoms. The maximum atomic E-state index is 3.98. The molecule has 76 valence electrons. The van der Waals surface area contributed by atoms with Crippen molar-refractivity contribution in [3.05, 3.63) is 48.2 Å². The summed E-state index contributed by atoms with van der Waals surface area (Å²) < 4.78 is 0. The number of rotatable bonds is 4. The molecule has 0 aliphatic rings. The molecule has 0 aliphatic heterocycles. The van der Waals surface area contributed by atoms with Crippen molar-refractivity contribution < 1.29 is 0 Å². The van der Waals surface area contributed by atoms with E-state index in [9.17, 15) is 0 Å². The zero-order valence-corrected chi connectivity index (χ0v) is 9.00. The molecule has 1 heterocycles. The van der Waals surface area contributed by atoms with E-state index in [-0.39, 0.29) is 0 Å². The first-order valence-electron chi connectivity index (χ1n) is 4.58. The van der Waals surface area contributed by atoms with Gasteiger partial charge in [-0.15, -0.1) is 5.10 Å². The molecule has 0 bridgehead atoms. The third kappa shape index (κ3) is 2.70. The average Bonchev–Trinajstić information content (AvgIpc) is 2.80. The Morgan fingerprint density at radius 3 is 2.73 bits per heavy atom. The van der Waals surface area contributed by atoms with Crippen LogP contribution in [0.5, 0.6) is 0 Å². The van der Waals surface area contributed by atoms with Crippen molar-refractivity contribution in [2.24, 2.45) is 0 Å². The summed E-state index contributed by atoms with van der Waals surface area (Å²) >= 11 is 1.66. The van der Waals surface area contributed by atoms with Crippen molar-refractivity contribution in [2.45, 2.75) is 10.8 Å². The smallest absolute Gasteiger partial charge is 0.139 e. The topological polar surface area (TPSA) is 41.6 Å². The molecule has 0 fully saturated rings. The number of nitrogens with one attached hydrogen (secondary N) is 1. The quantitative estimate of drug-likeness (QED) is 0.801.